The summed E-state index contributed by atoms with van der Waals surface area (Å²) in [6, 6.07) is 9.26. The van der Waals surface area contributed by atoms with E-state index < -0.39 is 0 Å². The van der Waals surface area contributed by atoms with Crippen LogP contribution >= 0.6 is 0 Å². The van der Waals surface area contributed by atoms with E-state index in [1.165, 1.54) is 56.1 Å². The zero-order valence-electron chi connectivity index (χ0n) is 15.9. The molecule has 1 aromatic rings. The van der Waals surface area contributed by atoms with Crippen LogP contribution in [0.4, 0.5) is 0 Å². The van der Waals surface area contributed by atoms with Gasteiger partial charge in [-0.1, -0.05) is 104 Å². The second-order valence-corrected chi connectivity index (χ2v) is 8.46. The smallest absolute Gasteiger partial charge is 0.0132 e. The molecule has 0 saturated heterocycles. The normalized spacial score (nSPS) is 13.6. The van der Waals surface area contributed by atoms with Crippen LogP contribution in [0.2, 0.25) is 0 Å². The van der Waals surface area contributed by atoms with Gasteiger partial charge in [0.2, 0.25) is 0 Å². The number of unbranched alkanes of at least 4 members (excludes halogenated alkanes) is 2. The fraction of sp³-hybridized carbons (Fsp3) is 0.727. The number of benzene rings is 1. The molecule has 0 aliphatic carbocycles. The summed E-state index contributed by atoms with van der Waals surface area (Å²) in [6.45, 7) is 13.9. The van der Waals surface area contributed by atoms with Gasteiger partial charge in [0.1, 0.15) is 0 Å². The first-order chi connectivity index (χ1) is 10.3. The number of hydrogen-bond donors (Lipinski definition) is 0. The number of hydrogen-bond acceptors (Lipinski definition) is 0. The SMILES string of the molecule is CCC(CCCCCC(C)C)Cc1cccc(C(C)(C)C)c1. The molecule has 22 heavy (non-hydrogen) atoms. The van der Waals surface area contributed by atoms with Gasteiger partial charge in [-0.2, -0.15) is 0 Å². The zero-order chi connectivity index (χ0) is 16.6. The highest BCUT2D eigenvalue weighted by Gasteiger charge is 2.14. The Morgan fingerprint density at radius 1 is 0.955 bits per heavy atom. The third-order valence-electron chi connectivity index (χ3n) is 4.79. The molecular weight excluding hydrogens is 264 g/mol. The van der Waals surface area contributed by atoms with Crippen molar-refractivity contribution in [3.8, 4) is 0 Å². The highest BCUT2D eigenvalue weighted by Crippen LogP contribution is 2.25. The summed E-state index contributed by atoms with van der Waals surface area (Å²) in [4.78, 5) is 0. The van der Waals surface area contributed by atoms with Crippen molar-refractivity contribution in [2.24, 2.45) is 11.8 Å². The summed E-state index contributed by atoms with van der Waals surface area (Å²) in [6.07, 6.45) is 9.59. The van der Waals surface area contributed by atoms with E-state index in [9.17, 15) is 0 Å². The van der Waals surface area contributed by atoms with E-state index >= 15 is 0 Å². The van der Waals surface area contributed by atoms with E-state index in [0.29, 0.717) is 0 Å². The van der Waals surface area contributed by atoms with Crippen LogP contribution in [0.15, 0.2) is 24.3 Å². The molecule has 0 N–H and O–H groups in total. The van der Waals surface area contributed by atoms with Crippen molar-refractivity contribution in [2.75, 3.05) is 0 Å². The number of rotatable bonds is 9. The van der Waals surface area contributed by atoms with Crippen LogP contribution in [0.25, 0.3) is 0 Å². The molecule has 1 atom stereocenters. The Morgan fingerprint density at radius 2 is 1.64 bits per heavy atom. The average molecular weight is 303 g/mol. The lowest BCUT2D eigenvalue weighted by Gasteiger charge is -2.21. The van der Waals surface area contributed by atoms with Crippen molar-refractivity contribution < 1.29 is 0 Å². The highest BCUT2D eigenvalue weighted by molar-refractivity contribution is 5.28. The predicted molar refractivity (Wildman–Crippen MR) is 101 cm³/mol. The molecule has 0 nitrogen and oxygen atoms in total. The molecular formula is C22H38. The van der Waals surface area contributed by atoms with E-state index in [1.54, 1.807) is 0 Å². The quantitative estimate of drug-likeness (QED) is 0.424. The van der Waals surface area contributed by atoms with Crippen molar-refractivity contribution in [3.05, 3.63) is 35.4 Å². The summed E-state index contributed by atoms with van der Waals surface area (Å²) >= 11 is 0. The molecule has 0 amide bonds. The second kappa shape index (κ2) is 9.38. The molecule has 0 heterocycles. The Bertz CT molecular complexity index is 408. The van der Waals surface area contributed by atoms with Gasteiger partial charge in [-0.15, -0.1) is 0 Å². The Kier molecular flexibility index (Phi) is 8.21. The maximum absolute atomic E-state index is 2.43. The van der Waals surface area contributed by atoms with E-state index in [4.69, 9.17) is 0 Å². The van der Waals surface area contributed by atoms with E-state index in [1.807, 2.05) is 0 Å². The van der Waals surface area contributed by atoms with Gasteiger partial charge in [-0.05, 0) is 34.8 Å². The Balaban J connectivity index is 2.45. The summed E-state index contributed by atoms with van der Waals surface area (Å²) in [7, 11) is 0. The third-order valence-corrected chi connectivity index (χ3v) is 4.79. The molecule has 0 fully saturated rings. The van der Waals surface area contributed by atoms with Crippen LogP contribution in [0.1, 0.15) is 91.2 Å². The van der Waals surface area contributed by atoms with Crippen molar-refractivity contribution in [2.45, 2.75) is 91.9 Å². The lowest BCUT2D eigenvalue weighted by Crippen LogP contribution is -2.12. The lowest BCUT2D eigenvalue weighted by atomic mass is 9.84. The van der Waals surface area contributed by atoms with Crippen LogP contribution in [0.3, 0.4) is 0 Å². The monoisotopic (exact) mass is 302 g/mol. The van der Waals surface area contributed by atoms with Gasteiger partial charge in [0.25, 0.3) is 0 Å². The molecule has 1 rings (SSSR count). The minimum atomic E-state index is 0.258. The second-order valence-electron chi connectivity index (χ2n) is 8.46. The van der Waals surface area contributed by atoms with Crippen LogP contribution < -0.4 is 0 Å². The minimum Gasteiger partial charge on any atom is -0.0651 e. The van der Waals surface area contributed by atoms with E-state index in [0.717, 1.165) is 11.8 Å². The molecule has 0 bridgehead atoms. The largest absolute Gasteiger partial charge is 0.0651 e. The van der Waals surface area contributed by atoms with Gasteiger partial charge in [0.15, 0.2) is 0 Å². The molecule has 0 saturated carbocycles. The van der Waals surface area contributed by atoms with Crippen molar-refractivity contribution in [1.29, 1.82) is 0 Å². The van der Waals surface area contributed by atoms with Crippen molar-refractivity contribution in [3.63, 3.8) is 0 Å². The van der Waals surface area contributed by atoms with Gasteiger partial charge < -0.3 is 0 Å². The van der Waals surface area contributed by atoms with Crippen LogP contribution in [0, 0.1) is 11.8 Å². The fourth-order valence-electron chi connectivity index (χ4n) is 3.11. The lowest BCUT2D eigenvalue weighted by molar-refractivity contribution is 0.428. The molecule has 0 aromatic heterocycles. The van der Waals surface area contributed by atoms with Gasteiger partial charge in [0, 0.05) is 0 Å². The topological polar surface area (TPSA) is 0 Å². The standard InChI is InChI=1S/C22H38/c1-7-19(13-10-8-9-12-18(2)3)16-20-14-11-15-21(17-20)22(4,5)6/h11,14-15,17-19H,7-10,12-13,16H2,1-6H3. The van der Waals surface area contributed by atoms with Gasteiger partial charge in [-0.25, -0.2) is 0 Å². The first-order valence-corrected chi connectivity index (χ1v) is 9.42. The third kappa shape index (κ3) is 7.47. The Labute approximate surface area is 139 Å². The molecule has 0 spiro atoms. The Morgan fingerprint density at radius 3 is 2.23 bits per heavy atom. The summed E-state index contributed by atoms with van der Waals surface area (Å²) in [5.74, 6) is 1.72. The average Bonchev–Trinajstić information content (AvgIpc) is 2.44. The van der Waals surface area contributed by atoms with E-state index in [2.05, 4.69) is 65.8 Å². The first kappa shape index (κ1) is 19.3. The molecule has 0 aliphatic heterocycles. The van der Waals surface area contributed by atoms with Crippen LogP contribution in [-0.2, 0) is 11.8 Å². The predicted octanol–water partition coefficient (Wildman–Crippen LogP) is 7.16. The molecule has 0 heteroatoms. The van der Waals surface area contributed by atoms with Gasteiger partial charge in [-0.3, -0.25) is 0 Å². The van der Waals surface area contributed by atoms with Crippen molar-refractivity contribution in [1.82, 2.24) is 0 Å². The Hall–Kier alpha value is -0.780. The summed E-state index contributed by atoms with van der Waals surface area (Å²) < 4.78 is 0. The van der Waals surface area contributed by atoms with Crippen LogP contribution in [0.5, 0.6) is 0 Å². The van der Waals surface area contributed by atoms with Gasteiger partial charge in [0.05, 0.1) is 0 Å². The molecule has 0 aliphatic rings. The zero-order valence-corrected chi connectivity index (χ0v) is 15.9. The minimum absolute atomic E-state index is 0.258. The molecule has 1 aromatic carbocycles. The first-order valence-electron chi connectivity index (χ1n) is 9.42. The summed E-state index contributed by atoms with van der Waals surface area (Å²) in [5, 5.41) is 0. The van der Waals surface area contributed by atoms with Gasteiger partial charge >= 0.3 is 0 Å². The highest BCUT2D eigenvalue weighted by atomic mass is 14.2. The molecule has 0 radical (unpaired) electrons. The van der Waals surface area contributed by atoms with Crippen molar-refractivity contribution >= 4 is 0 Å². The van der Waals surface area contributed by atoms with Crippen LogP contribution in [-0.4, -0.2) is 0 Å². The van der Waals surface area contributed by atoms with E-state index in [-0.39, 0.29) is 5.41 Å². The summed E-state index contributed by atoms with van der Waals surface area (Å²) in [5.41, 5.74) is 3.26. The molecule has 1 unspecified atom stereocenters. The maximum Gasteiger partial charge on any atom is -0.0132 e. The molecule has 126 valence electrons. The fourth-order valence-corrected chi connectivity index (χ4v) is 3.11. The maximum atomic E-state index is 2.43.